The van der Waals surface area contributed by atoms with E-state index in [1.807, 2.05) is 4.90 Å². The number of ether oxygens (including phenoxy) is 1. The summed E-state index contributed by atoms with van der Waals surface area (Å²) in [5.74, 6) is -1.24. The number of amides is 1. The van der Waals surface area contributed by atoms with Gasteiger partial charge in [-0.05, 0) is 32.1 Å². The monoisotopic (exact) mass is 337 g/mol. The van der Waals surface area contributed by atoms with Crippen molar-refractivity contribution >= 4 is 17.5 Å². The zero-order chi connectivity index (χ0) is 16.8. The molecule has 4 rings (SSSR count). The maximum Gasteiger partial charge on any atom is 0.414 e. The highest BCUT2D eigenvalue weighted by Gasteiger charge is 2.40. The molecule has 3 fully saturated rings. The Balaban J connectivity index is 1.66. The maximum atomic E-state index is 14.7. The molecule has 0 saturated carbocycles. The van der Waals surface area contributed by atoms with Gasteiger partial charge in [-0.3, -0.25) is 4.90 Å². The molecule has 1 aromatic carbocycles. The van der Waals surface area contributed by atoms with Gasteiger partial charge < -0.3 is 15.4 Å². The van der Waals surface area contributed by atoms with Gasteiger partial charge in [0, 0.05) is 30.8 Å². The van der Waals surface area contributed by atoms with Crippen molar-refractivity contribution in [2.75, 3.05) is 22.9 Å². The molecule has 2 unspecified atom stereocenters. The van der Waals surface area contributed by atoms with Gasteiger partial charge in [-0.2, -0.15) is 0 Å². The molecule has 7 heteroatoms. The van der Waals surface area contributed by atoms with Gasteiger partial charge in [0.1, 0.15) is 11.8 Å². The van der Waals surface area contributed by atoms with Crippen molar-refractivity contribution in [3.63, 3.8) is 0 Å². The van der Waals surface area contributed by atoms with Crippen LogP contribution in [0.4, 0.5) is 25.0 Å². The summed E-state index contributed by atoms with van der Waals surface area (Å²) < 4.78 is 34.5. The molecule has 1 amide bonds. The molecule has 3 aliphatic heterocycles. The summed E-state index contributed by atoms with van der Waals surface area (Å²) in [6.45, 7) is 0.394. The smallest absolute Gasteiger partial charge is 0.414 e. The Labute approximate surface area is 139 Å². The Kier molecular flexibility index (Phi) is 3.83. The second-order valence-corrected chi connectivity index (χ2v) is 6.83. The first-order valence-corrected chi connectivity index (χ1v) is 8.54. The van der Waals surface area contributed by atoms with Crippen LogP contribution in [0.1, 0.15) is 32.1 Å². The first kappa shape index (κ1) is 15.6. The average molecular weight is 337 g/mol. The third-order valence-electron chi connectivity index (χ3n) is 5.40. The van der Waals surface area contributed by atoms with Crippen molar-refractivity contribution in [3.05, 3.63) is 23.8 Å². The summed E-state index contributed by atoms with van der Waals surface area (Å²) in [7, 11) is 0. The van der Waals surface area contributed by atoms with E-state index in [0.717, 1.165) is 32.1 Å². The van der Waals surface area contributed by atoms with E-state index in [1.54, 1.807) is 0 Å². The number of nitrogens with zero attached hydrogens (tertiary/aromatic N) is 2. The maximum absolute atomic E-state index is 14.7. The summed E-state index contributed by atoms with van der Waals surface area (Å²) in [5.41, 5.74) is 5.73. The SMILES string of the molecule is NC[C@H]1CN(c2cc(F)c(N3C4CCCC3CC4)c(F)c2)C(=O)O1. The van der Waals surface area contributed by atoms with E-state index in [-0.39, 0.29) is 36.5 Å². The van der Waals surface area contributed by atoms with E-state index in [2.05, 4.69) is 0 Å². The molecule has 3 heterocycles. The third-order valence-corrected chi connectivity index (χ3v) is 5.40. The lowest BCUT2D eigenvalue weighted by Crippen LogP contribution is -2.41. The average Bonchev–Trinajstić information content (AvgIpc) is 3.03. The fourth-order valence-corrected chi connectivity index (χ4v) is 4.29. The Morgan fingerprint density at radius 1 is 1.12 bits per heavy atom. The number of piperidine rings is 1. The van der Waals surface area contributed by atoms with Crippen LogP contribution in [0, 0.1) is 11.6 Å². The Morgan fingerprint density at radius 2 is 1.75 bits per heavy atom. The number of cyclic esters (lactones) is 1. The second-order valence-electron chi connectivity index (χ2n) is 6.83. The molecule has 0 radical (unpaired) electrons. The molecule has 3 aliphatic rings. The highest BCUT2D eigenvalue weighted by Crippen LogP contribution is 2.42. The molecule has 5 nitrogen and oxygen atoms in total. The minimum absolute atomic E-state index is 0.0499. The molecule has 2 N–H and O–H groups in total. The van der Waals surface area contributed by atoms with Gasteiger partial charge in [-0.25, -0.2) is 13.6 Å². The van der Waals surface area contributed by atoms with Gasteiger partial charge in [0.2, 0.25) is 0 Å². The predicted molar refractivity (Wildman–Crippen MR) is 86.2 cm³/mol. The Morgan fingerprint density at radius 3 is 2.29 bits per heavy atom. The zero-order valence-corrected chi connectivity index (χ0v) is 13.4. The summed E-state index contributed by atoms with van der Waals surface area (Å²) in [6, 6.07) is 2.90. The van der Waals surface area contributed by atoms with Crippen molar-refractivity contribution in [3.8, 4) is 0 Å². The number of halogens is 2. The topological polar surface area (TPSA) is 58.8 Å². The van der Waals surface area contributed by atoms with E-state index < -0.39 is 23.8 Å². The largest absolute Gasteiger partial charge is 0.443 e. The van der Waals surface area contributed by atoms with Gasteiger partial charge >= 0.3 is 6.09 Å². The minimum Gasteiger partial charge on any atom is -0.443 e. The zero-order valence-electron chi connectivity index (χ0n) is 13.4. The first-order chi connectivity index (χ1) is 11.6. The number of hydrogen-bond acceptors (Lipinski definition) is 4. The van der Waals surface area contributed by atoms with Crippen molar-refractivity contribution in [2.45, 2.75) is 50.3 Å². The van der Waals surface area contributed by atoms with Crippen molar-refractivity contribution < 1.29 is 18.3 Å². The summed E-state index contributed by atoms with van der Waals surface area (Å²) in [4.78, 5) is 15.0. The predicted octanol–water partition coefficient (Wildman–Crippen LogP) is 2.77. The lowest BCUT2D eigenvalue weighted by atomic mass is 10.0. The molecule has 0 spiro atoms. The molecule has 1 aromatic rings. The van der Waals surface area contributed by atoms with Crippen LogP contribution >= 0.6 is 0 Å². The standard InChI is InChI=1S/C17H21F2N3O2/c18-14-6-12(21-9-13(8-20)24-17(21)23)7-15(19)16(14)22-10-2-1-3-11(22)5-4-10/h6-7,10-11,13H,1-5,8-9,20H2/t10?,11?,13-/m0/s1. The number of carbonyl (C=O) groups is 1. The van der Waals surface area contributed by atoms with Crippen molar-refractivity contribution in [1.29, 1.82) is 0 Å². The molecule has 3 atom stereocenters. The van der Waals surface area contributed by atoms with E-state index in [4.69, 9.17) is 10.5 Å². The number of hydrogen-bond donors (Lipinski definition) is 1. The summed E-state index contributed by atoms with van der Waals surface area (Å²) in [5, 5.41) is 0. The van der Waals surface area contributed by atoms with Crippen LogP contribution < -0.4 is 15.5 Å². The molecular weight excluding hydrogens is 316 g/mol. The first-order valence-electron chi connectivity index (χ1n) is 8.54. The van der Waals surface area contributed by atoms with E-state index >= 15 is 0 Å². The molecular formula is C17H21F2N3O2. The van der Waals surface area contributed by atoms with E-state index in [1.165, 1.54) is 17.0 Å². The lowest BCUT2D eigenvalue weighted by Gasteiger charge is -2.37. The minimum atomic E-state index is -0.618. The van der Waals surface area contributed by atoms with Gasteiger partial charge in [0.25, 0.3) is 0 Å². The Bertz CT molecular complexity index is 630. The quantitative estimate of drug-likeness (QED) is 0.921. The number of nitrogens with two attached hydrogens (primary N) is 1. The van der Waals surface area contributed by atoms with Crippen LogP contribution in [0.5, 0.6) is 0 Å². The molecule has 130 valence electrons. The van der Waals surface area contributed by atoms with E-state index in [9.17, 15) is 13.6 Å². The Hall–Kier alpha value is -1.89. The van der Waals surface area contributed by atoms with Crippen LogP contribution in [0.25, 0.3) is 0 Å². The van der Waals surface area contributed by atoms with Crippen LogP contribution in [-0.2, 0) is 4.74 Å². The fourth-order valence-electron chi connectivity index (χ4n) is 4.29. The van der Waals surface area contributed by atoms with Crippen LogP contribution in [-0.4, -0.2) is 37.4 Å². The number of benzene rings is 1. The number of carbonyl (C=O) groups excluding carboxylic acids is 1. The van der Waals surface area contributed by atoms with Crippen LogP contribution in [0.15, 0.2) is 12.1 Å². The molecule has 0 aliphatic carbocycles. The van der Waals surface area contributed by atoms with Crippen molar-refractivity contribution in [1.82, 2.24) is 0 Å². The van der Waals surface area contributed by atoms with Gasteiger partial charge in [-0.15, -0.1) is 0 Å². The van der Waals surface area contributed by atoms with Gasteiger partial charge in [0.05, 0.1) is 12.2 Å². The molecule has 24 heavy (non-hydrogen) atoms. The molecule has 3 saturated heterocycles. The second kappa shape index (κ2) is 5.88. The fraction of sp³-hybridized carbons (Fsp3) is 0.588. The summed E-state index contributed by atoms with van der Waals surface area (Å²) in [6.07, 6.45) is 4.00. The highest BCUT2D eigenvalue weighted by molar-refractivity contribution is 5.90. The van der Waals surface area contributed by atoms with E-state index in [0.29, 0.717) is 0 Å². The highest BCUT2D eigenvalue weighted by atomic mass is 19.1. The number of anilines is 2. The summed E-state index contributed by atoms with van der Waals surface area (Å²) >= 11 is 0. The molecule has 2 bridgehead atoms. The lowest BCUT2D eigenvalue weighted by molar-refractivity contribution is 0.145. The van der Waals surface area contributed by atoms with Gasteiger partial charge in [0.15, 0.2) is 11.6 Å². The van der Waals surface area contributed by atoms with Crippen molar-refractivity contribution in [2.24, 2.45) is 5.73 Å². The van der Waals surface area contributed by atoms with Crippen LogP contribution in [0.2, 0.25) is 0 Å². The normalized spacial score (nSPS) is 29.3. The van der Waals surface area contributed by atoms with Crippen LogP contribution in [0.3, 0.4) is 0 Å². The molecule has 0 aromatic heterocycles. The number of rotatable bonds is 3. The number of fused-ring (bicyclic) bond motifs is 2. The van der Waals surface area contributed by atoms with Gasteiger partial charge in [-0.1, -0.05) is 0 Å². The third kappa shape index (κ3) is 2.42.